The highest BCUT2D eigenvalue weighted by Crippen LogP contribution is 2.29. The second kappa shape index (κ2) is 6.29. The number of nitrogens with one attached hydrogen (secondary N) is 1. The Bertz CT molecular complexity index is 374. The molecule has 0 fully saturated rings. The van der Waals surface area contributed by atoms with Gasteiger partial charge in [-0.3, -0.25) is 0 Å². The fourth-order valence-corrected chi connectivity index (χ4v) is 2.17. The molecule has 0 aliphatic heterocycles. The van der Waals surface area contributed by atoms with E-state index in [-0.39, 0.29) is 6.04 Å². The average Bonchev–Trinajstić information content (AvgIpc) is 2.21. The third kappa shape index (κ3) is 3.82. The highest BCUT2D eigenvalue weighted by Gasteiger charge is 2.12. The van der Waals surface area contributed by atoms with Crippen molar-refractivity contribution in [2.24, 2.45) is 0 Å². The third-order valence-corrected chi connectivity index (χ3v) is 3.11. The predicted octanol–water partition coefficient (Wildman–Crippen LogP) is 4.61. The molecule has 0 saturated carbocycles. The van der Waals surface area contributed by atoms with Gasteiger partial charge in [0.25, 0.3) is 0 Å². The van der Waals surface area contributed by atoms with Gasteiger partial charge in [-0.25, -0.2) is 0 Å². The third-order valence-electron chi connectivity index (χ3n) is 2.55. The van der Waals surface area contributed by atoms with Crippen molar-refractivity contribution in [2.45, 2.75) is 25.8 Å². The van der Waals surface area contributed by atoms with Crippen LogP contribution in [0.5, 0.6) is 0 Å². The zero-order valence-electron chi connectivity index (χ0n) is 9.69. The van der Waals surface area contributed by atoms with E-state index in [1.165, 1.54) is 5.57 Å². The molecule has 1 unspecified atom stereocenters. The lowest BCUT2D eigenvalue weighted by molar-refractivity contribution is 0.548. The SMILES string of the molecule is C=C(C)CCC(NC)c1ccc(Cl)cc1Cl. The van der Waals surface area contributed by atoms with Gasteiger partial charge in [0.2, 0.25) is 0 Å². The van der Waals surface area contributed by atoms with E-state index in [4.69, 9.17) is 23.2 Å². The van der Waals surface area contributed by atoms with Gasteiger partial charge in [-0.05, 0) is 44.5 Å². The van der Waals surface area contributed by atoms with E-state index in [1.54, 1.807) is 6.07 Å². The first-order valence-electron chi connectivity index (χ1n) is 5.31. The van der Waals surface area contributed by atoms with Crippen LogP contribution in [0.25, 0.3) is 0 Å². The summed E-state index contributed by atoms with van der Waals surface area (Å²) in [6.07, 6.45) is 1.98. The molecular formula is C13H17Cl2N. The van der Waals surface area contributed by atoms with Crippen molar-refractivity contribution < 1.29 is 0 Å². The highest BCUT2D eigenvalue weighted by molar-refractivity contribution is 6.35. The van der Waals surface area contributed by atoms with Crippen LogP contribution in [-0.2, 0) is 0 Å². The molecule has 88 valence electrons. The Labute approximate surface area is 107 Å². The van der Waals surface area contributed by atoms with Crippen LogP contribution in [0.4, 0.5) is 0 Å². The van der Waals surface area contributed by atoms with Crippen molar-refractivity contribution in [3.8, 4) is 0 Å². The first kappa shape index (κ1) is 13.6. The summed E-state index contributed by atoms with van der Waals surface area (Å²) in [5.41, 5.74) is 2.28. The Balaban J connectivity index is 2.82. The van der Waals surface area contributed by atoms with Gasteiger partial charge < -0.3 is 5.32 Å². The first-order chi connectivity index (χ1) is 7.54. The van der Waals surface area contributed by atoms with E-state index in [1.807, 2.05) is 26.1 Å². The van der Waals surface area contributed by atoms with E-state index in [2.05, 4.69) is 11.9 Å². The Morgan fingerprint density at radius 2 is 2.12 bits per heavy atom. The summed E-state index contributed by atoms with van der Waals surface area (Å²) in [6.45, 7) is 5.95. The number of hydrogen-bond donors (Lipinski definition) is 1. The topological polar surface area (TPSA) is 12.0 Å². The molecule has 0 heterocycles. The van der Waals surface area contributed by atoms with Crippen molar-refractivity contribution in [1.82, 2.24) is 5.32 Å². The maximum absolute atomic E-state index is 6.17. The molecule has 0 amide bonds. The van der Waals surface area contributed by atoms with Gasteiger partial charge in [0.15, 0.2) is 0 Å². The number of benzene rings is 1. The van der Waals surface area contributed by atoms with Crippen molar-refractivity contribution in [1.29, 1.82) is 0 Å². The van der Waals surface area contributed by atoms with Gasteiger partial charge in [-0.1, -0.05) is 34.8 Å². The predicted molar refractivity (Wildman–Crippen MR) is 72.3 cm³/mol. The zero-order valence-corrected chi connectivity index (χ0v) is 11.2. The Morgan fingerprint density at radius 3 is 2.62 bits per heavy atom. The summed E-state index contributed by atoms with van der Waals surface area (Å²) in [4.78, 5) is 0. The fourth-order valence-electron chi connectivity index (χ4n) is 1.63. The summed E-state index contributed by atoms with van der Waals surface area (Å²) >= 11 is 12.0. The van der Waals surface area contributed by atoms with Crippen LogP contribution in [0.1, 0.15) is 31.4 Å². The molecule has 1 aromatic rings. The molecule has 16 heavy (non-hydrogen) atoms. The van der Waals surface area contributed by atoms with Gasteiger partial charge in [0, 0.05) is 16.1 Å². The molecule has 0 spiro atoms. The van der Waals surface area contributed by atoms with Gasteiger partial charge in [0.1, 0.15) is 0 Å². The summed E-state index contributed by atoms with van der Waals surface area (Å²) < 4.78 is 0. The van der Waals surface area contributed by atoms with Crippen LogP contribution in [0.2, 0.25) is 10.0 Å². The molecule has 3 heteroatoms. The molecule has 0 aliphatic carbocycles. The Morgan fingerprint density at radius 1 is 1.44 bits per heavy atom. The van der Waals surface area contributed by atoms with Gasteiger partial charge >= 0.3 is 0 Å². The van der Waals surface area contributed by atoms with E-state index < -0.39 is 0 Å². The van der Waals surface area contributed by atoms with E-state index in [0.29, 0.717) is 10.0 Å². The van der Waals surface area contributed by atoms with Gasteiger partial charge in [-0.15, -0.1) is 6.58 Å². The molecule has 0 bridgehead atoms. The molecule has 1 nitrogen and oxygen atoms in total. The second-order valence-corrected chi connectivity index (χ2v) is 4.85. The second-order valence-electron chi connectivity index (χ2n) is 4.00. The molecule has 0 aliphatic rings. The van der Waals surface area contributed by atoms with Gasteiger partial charge in [0.05, 0.1) is 0 Å². The minimum atomic E-state index is 0.251. The number of halogens is 2. The summed E-state index contributed by atoms with van der Waals surface area (Å²) in [5.74, 6) is 0. The molecular weight excluding hydrogens is 241 g/mol. The maximum atomic E-state index is 6.17. The molecule has 0 saturated heterocycles. The van der Waals surface area contributed by atoms with Crippen LogP contribution in [-0.4, -0.2) is 7.05 Å². The normalized spacial score (nSPS) is 12.5. The summed E-state index contributed by atoms with van der Waals surface area (Å²) in [6, 6.07) is 5.88. The lowest BCUT2D eigenvalue weighted by Crippen LogP contribution is -2.16. The number of rotatable bonds is 5. The minimum Gasteiger partial charge on any atom is -0.313 e. The molecule has 0 aromatic heterocycles. The average molecular weight is 258 g/mol. The number of hydrogen-bond acceptors (Lipinski definition) is 1. The smallest absolute Gasteiger partial charge is 0.0468 e. The van der Waals surface area contributed by atoms with Crippen molar-refractivity contribution in [2.75, 3.05) is 7.05 Å². The largest absolute Gasteiger partial charge is 0.313 e. The first-order valence-corrected chi connectivity index (χ1v) is 6.06. The quantitative estimate of drug-likeness (QED) is 0.760. The van der Waals surface area contributed by atoms with Crippen LogP contribution in [0.3, 0.4) is 0 Å². The van der Waals surface area contributed by atoms with E-state index in [0.717, 1.165) is 18.4 Å². The van der Waals surface area contributed by atoms with E-state index in [9.17, 15) is 0 Å². The van der Waals surface area contributed by atoms with E-state index >= 15 is 0 Å². The van der Waals surface area contributed by atoms with Crippen LogP contribution < -0.4 is 5.32 Å². The molecule has 1 atom stereocenters. The molecule has 1 N–H and O–H groups in total. The van der Waals surface area contributed by atoms with Crippen molar-refractivity contribution >= 4 is 23.2 Å². The maximum Gasteiger partial charge on any atom is 0.0468 e. The van der Waals surface area contributed by atoms with Crippen LogP contribution in [0, 0.1) is 0 Å². The molecule has 0 radical (unpaired) electrons. The Kier molecular flexibility index (Phi) is 5.33. The van der Waals surface area contributed by atoms with Crippen LogP contribution >= 0.6 is 23.2 Å². The molecule has 1 aromatic carbocycles. The standard InChI is InChI=1S/C13H17Cl2N/c1-9(2)4-7-13(16-3)11-6-5-10(14)8-12(11)15/h5-6,8,13,16H,1,4,7H2,2-3H3. The molecule has 1 rings (SSSR count). The highest BCUT2D eigenvalue weighted by atomic mass is 35.5. The van der Waals surface area contributed by atoms with Crippen LogP contribution in [0.15, 0.2) is 30.4 Å². The minimum absolute atomic E-state index is 0.251. The lowest BCUT2D eigenvalue weighted by Gasteiger charge is -2.18. The fraction of sp³-hybridized carbons (Fsp3) is 0.385. The van der Waals surface area contributed by atoms with Crippen molar-refractivity contribution in [3.05, 3.63) is 46.0 Å². The lowest BCUT2D eigenvalue weighted by atomic mass is 10.00. The summed E-state index contributed by atoms with van der Waals surface area (Å²) in [7, 11) is 1.94. The van der Waals surface area contributed by atoms with Crippen molar-refractivity contribution in [3.63, 3.8) is 0 Å². The zero-order chi connectivity index (χ0) is 12.1. The Hall–Kier alpha value is -0.500. The van der Waals surface area contributed by atoms with Gasteiger partial charge in [-0.2, -0.15) is 0 Å². The number of allylic oxidation sites excluding steroid dienone is 1. The monoisotopic (exact) mass is 257 g/mol. The summed E-state index contributed by atoms with van der Waals surface area (Å²) in [5, 5.41) is 4.65.